The molecule has 1 atom stereocenters. The number of amides is 2. The molecule has 3 heterocycles. The number of carbonyl (C=O) groups is 3. The Morgan fingerprint density at radius 3 is 2.46 bits per heavy atom. The number of ether oxygens (including phenoxy) is 1. The van der Waals surface area contributed by atoms with Gasteiger partial charge in [-0.2, -0.15) is 0 Å². The van der Waals surface area contributed by atoms with E-state index in [-0.39, 0.29) is 41.8 Å². The number of anilines is 2. The van der Waals surface area contributed by atoms with Crippen LogP contribution in [0.5, 0.6) is 5.75 Å². The van der Waals surface area contributed by atoms with Crippen molar-refractivity contribution in [1.29, 1.82) is 0 Å². The van der Waals surface area contributed by atoms with E-state index < -0.39 is 29.1 Å². The Hall–Kier alpha value is -4.25. The van der Waals surface area contributed by atoms with Crippen LogP contribution in [0, 0.1) is 5.82 Å². The molecule has 0 unspecified atom stereocenters. The fraction of sp³-hybridized carbons (Fsp3) is 0.133. The van der Waals surface area contributed by atoms with Crippen molar-refractivity contribution in [2.75, 3.05) is 12.0 Å². The summed E-state index contributed by atoms with van der Waals surface area (Å²) >= 11 is 0. The Bertz CT molecular complexity index is 1860. The molecule has 0 bridgehead atoms. The standard InChI is InChI=1S/C30H23FN4O5.Na/c1-30(22-13-19(40-2)11-12-25(22)35(29(30)39)18-9-7-17(31)8-10-18)33-28(38)23-14-21-20-5-3-4-6-24(20)34(16-27(36)37)26(21)15-32-23;/h3-15H,16H2,1-2H3,(H,33,38)(H,36,37);/q;+1/p-1/t30-;/m0./s1. The van der Waals surface area contributed by atoms with Crippen LogP contribution in [0.3, 0.4) is 0 Å². The van der Waals surface area contributed by atoms with Crippen LogP contribution in [-0.2, 0) is 21.7 Å². The van der Waals surface area contributed by atoms with Gasteiger partial charge in [-0.05, 0) is 61.5 Å². The van der Waals surface area contributed by atoms with Gasteiger partial charge in [0.25, 0.3) is 11.8 Å². The van der Waals surface area contributed by atoms with Crippen molar-refractivity contribution in [2.24, 2.45) is 0 Å². The second-order valence-corrected chi connectivity index (χ2v) is 9.64. The topological polar surface area (TPSA) is 117 Å². The third kappa shape index (κ3) is 4.63. The van der Waals surface area contributed by atoms with Crippen LogP contribution in [0.2, 0.25) is 0 Å². The summed E-state index contributed by atoms with van der Waals surface area (Å²) in [5, 5.41) is 15.6. The molecular weight excluding hydrogens is 538 g/mol. The van der Waals surface area contributed by atoms with Crippen molar-refractivity contribution >= 4 is 51.0 Å². The number of methoxy groups -OCH3 is 1. The van der Waals surface area contributed by atoms with Crippen LogP contribution in [0.25, 0.3) is 21.8 Å². The van der Waals surface area contributed by atoms with Crippen LogP contribution in [0.4, 0.5) is 15.8 Å². The summed E-state index contributed by atoms with van der Waals surface area (Å²) in [7, 11) is 1.50. The van der Waals surface area contributed by atoms with E-state index in [2.05, 4.69) is 10.3 Å². The van der Waals surface area contributed by atoms with Crippen LogP contribution in [0.15, 0.2) is 79.0 Å². The maximum atomic E-state index is 13.9. The Kier molecular flexibility index (Phi) is 7.33. The SMILES string of the molecule is COc1ccc2c(c1)[C@](C)(NC(=O)c1cc3c4ccccc4n(CC(=O)[O-])c3cn1)C(=O)N2c1ccc(F)cc1.[Na+]. The van der Waals surface area contributed by atoms with Gasteiger partial charge in [-0.15, -0.1) is 0 Å². The molecule has 0 radical (unpaired) electrons. The van der Waals surface area contributed by atoms with Gasteiger partial charge in [0.05, 0.1) is 37.0 Å². The zero-order chi connectivity index (χ0) is 28.2. The van der Waals surface area contributed by atoms with Gasteiger partial charge in [-0.3, -0.25) is 14.5 Å². The Balaban J connectivity index is 0.00000337. The summed E-state index contributed by atoms with van der Waals surface area (Å²) in [4.78, 5) is 44.7. The molecule has 5 aromatic rings. The minimum absolute atomic E-state index is 0. The van der Waals surface area contributed by atoms with Gasteiger partial charge in [0.2, 0.25) is 0 Å². The summed E-state index contributed by atoms with van der Waals surface area (Å²) < 4.78 is 20.6. The molecule has 6 rings (SSSR count). The molecule has 0 spiro atoms. The smallest absolute Gasteiger partial charge is 0.548 e. The van der Waals surface area contributed by atoms with Crippen molar-refractivity contribution in [3.8, 4) is 5.75 Å². The molecule has 2 aromatic heterocycles. The molecule has 0 saturated heterocycles. The molecule has 200 valence electrons. The number of halogens is 1. The average molecular weight is 561 g/mol. The van der Waals surface area contributed by atoms with Gasteiger partial charge in [-0.1, -0.05) is 18.2 Å². The first-order chi connectivity index (χ1) is 19.2. The second kappa shape index (κ2) is 10.6. The van der Waals surface area contributed by atoms with E-state index in [0.717, 1.165) is 5.39 Å². The van der Waals surface area contributed by atoms with E-state index in [1.807, 2.05) is 12.1 Å². The largest absolute Gasteiger partial charge is 1.00 e. The number of carboxylic acids is 1. The number of pyridine rings is 1. The van der Waals surface area contributed by atoms with Crippen molar-refractivity contribution < 1.29 is 58.2 Å². The maximum Gasteiger partial charge on any atom is 1.00 e. The number of carboxylic acid groups (broad SMARTS) is 1. The first kappa shape index (κ1) is 28.3. The fourth-order valence-electron chi connectivity index (χ4n) is 5.31. The predicted octanol–water partition coefficient (Wildman–Crippen LogP) is 0.415. The van der Waals surface area contributed by atoms with Crippen molar-refractivity contribution in [1.82, 2.24) is 14.9 Å². The molecule has 1 aliphatic heterocycles. The van der Waals surface area contributed by atoms with Gasteiger partial charge in [0.15, 0.2) is 0 Å². The third-order valence-corrected chi connectivity index (χ3v) is 7.24. The second-order valence-electron chi connectivity index (χ2n) is 9.64. The van der Waals surface area contributed by atoms with Crippen molar-refractivity contribution in [3.05, 3.63) is 96.1 Å². The molecule has 2 amide bonds. The van der Waals surface area contributed by atoms with E-state index in [0.29, 0.717) is 39.1 Å². The number of benzene rings is 3. The fourth-order valence-corrected chi connectivity index (χ4v) is 5.31. The first-order valence-electron chi connectivity index (χ1n) is 12.4. The number of aliphatic carboxylic acids is 1. The van der Waals surface area contributed by atoms with Crippen LogP contribution >= 0.6 is 0 Å². The molecule has 1 N–H and O–H groups in total. The first-order valence-corrected chi connectivity index (χ1v) is 12.4. The van der Waals surface area contributed by atoms with Gasteiger partial charge in [0, 0.05) is 27.5 Å². The summed E-state index contributed by atoms with van der Waals surface area (Å²) in [5.74, 6) is -2.25. The summed E-state index contributed by atoms with van der Waals surface area (Å²) in [5.41, 5.74) is 1.20. The molecular formula is C30H22FN4NaO5. The number of aromatic nitrogens is 2. The van der Waals surface area contributed by atoms with Gasteiger partial charge < -0.3 is 24.5 Å². The number of nitrogens with one attached hydrogen (secondary N) is 1. The number of hydrogen-bond donors (Lipinski definition) is 1. The van der Waals surface area contributed by atoms with E-state index in [1.165, 1.54) is 42.5 Å². The molecule has 0 saturated carbocycles. The Morgan fingerprint density at radius 2 is 1.76 bits per heavy atom. The average Bonchev–Trinajstić information content (AvgIpc) is 3.37. The Morgan fingerprint density at radius 1 is 1.02 bits per heavy atom. The summed E-state index contributed by atoms with van der Waals surface area (Å²) in [6.07, 6.45) is 1.44. The molecule has 9 nitrogen and oxygen atoms in total. The Labute approximate surface area is 255 Å². The number of fused-ring (bicyclic) bond motifs is 4. The number of rotatable bonds is 6. The zero-order valence-corrected chi connectivity index (χ0v) is 24.5. The molecule has 0 fully saturated rings. The minimum atomic E-state index is -1.51. The van der Waals surface area contributed by atoms with E-state index in [9.17, 15) is 23.9 Å². The number of carbonyl (C=O) groups excluding carboxylic acids is 3. The third-order valence-electron chi connectivity index (χ3n) is 7.24. The normalized spacial score (nSPS) is 16.0. The zero-order valence-electron chi connectivity index (χ0n) is 22.5. The van der Waals surface area contributed by atoms with E-state index >= 15 is 0 Å². The maximum absolute atomic E-state index is 13.9. The van der Waals surface area contributed by atoms with E-state index in [1.54, 1.807) is 47.9 Å². The van der Waals surface area contributed by atoms with Crippen LogP contribution in [0.1, 0.15) is 23.0 Å². The van der Waals surface area contributed by atoms with Crippen molar-refractivity contribution in [3.63, 3.8) is 0 Å². The molecule has 11 heteroatoms. The minimum Gasteiger partial charge on any atom is -0.548 e. The summed E-state index contributed by atoms with van der Waals surface area (Å²) in [6.45, 7) is 1.22. The van der Waals surface area contributed by atoms with Crippen LogP contribution in [-0.4, -0.2) is 34.4 Å². The predicted molar refractivity (Wildman–Crippen MR) is 144 cm³/mol. The van der Waals surface area contributed by atoms with Gasteiger partial charge >= 0.3 is 29.6 Å². The molecule has 0 aliphatic carbocycles. The van der Waals surface area contributed by atoms with Gasteiger partial charge in [-0.25, -0.2) is 9.37 Å². The molecule has 3 aromatic carbocycles. The number of nitrogens with zero attached hydrogens (tertiary/aromatic N) is 3. The number of hydrogen-bond acceptors (Lipinski definition) is 6. The quantitative estimate of drug-likeness (QED) is 0.301. The monoisotopic (exact) mass is 560 g/mol. The van der Waals surface area contributed by atoms with Crippen LogP contribution < -0.4 is 49.6 Å². The molecule has 41 heavy (non-hydrogen) atoms. The molecule has 1 aliphatic rings. The van der Waals surface area contributed by atoms with Crippen molar-refractivity contribution in [2.45, 2.75) is 19.0 Å². The number of para-hydroxylation sites is 1. The summed E-state index contributed by atoms with van der Waals surface area (Å²) in [6, 6.07) is 19.4. The van der Waals surface area contributed by atoms with E-state index in [4.69, 9.17) is 4.74 Å². The van der Waals surface area contributed by atoms with Gasteiger partial charge in [0.1, 0.15) is 22.8 Å².